The van der Waals surface area contributed by atoms with E-state index >= 15 is 0 Å². The molecule has 0 aromatic heterocycles. The monoisotopic (exact) mass is 377 g/mol. The van der Waals surface area contributed by atoms with E-state index in [-0.39, 0.29) is 23.6 Å². The maximum atomic E-state index is 12.9. The van der Waals surface area contributed by atoms with Crippen LogP contribution in [0, 0.1) is 6.92 Å². The van der Waals surface area contributed by atoms with Crippen LogP contribution in [-0.4, -0.2) is 43.6 Å². The second-order valence-electron chi connectivity index (χ2n) is 5.31. The quantitative estimate of drug-likeness (QED) is 0.871. The Morgan fingerprint density at radius 1 is 1.48 bits per heavy atom. The molecule has 1 fully saturated rings. The highest BCUT2D eigenvalue weighted by atomic mass is 79.9. The molecule has 2 unspecified atom stereocenters. The van der Waals surface area contributed by atoms with Crippen LogP contribution in [0.5, 0.6) is 0 Å². The Bertz CT molecular complexity index is 632. The summed E-state index contributed by atoms with van der Waals surface area (Å²) < 4.78 is 33.3. The molecule has 21 heavy (non-hydrogen) atoms. The fourth-order valence-electron chi connectivity index (χ4n) is 2.60. The van der Waals surface area contributed by atoms with Crippen LogP contribution in [0.1, 0.15) is 24.5 Å². The lowest BCUT2D eigenvalue weighted by molar-refractivity contribution is 0.102. The molecule has 5 nitrogen and oxygen atoms in total. The zero-order chi connectivity index (χ0) is 15.8. The zero-order valence-electron chi connectivity index (χ0n) is 12.3. The highest BCUT2D eigenvalue weighted by Gasteiger charge is 2.36. The molecule has 118 valence electrons. The maximum Gasteiger partial charge on any atom is 0.243 e. The minimum Gasteiger partial charge on any atom is -0.392 e. The molecule has 0 amide bonds. The minimum atomic E-state index is -3.63. The van der Waals surface area contributed by atoms with Crippen molar-refractivity contribution in [2.45, 2.75) is 43.9 Å². The predicted molar refractivity (Wildman–Crippen MR) is 83.6 cm³/mol. The van der Waals surface area contributed by atoms with E-state index in [1.807, 2.05) is 6.92 Å². The van der Waals surface area contributed by atoms with Gasteiger partial charge in [-0.15, -0.1) is 0 Å². The number of benzene rings is 1. The average molecular weight is 378 g/mol. The van der Waals surface area contributed by atoms with Crippen LogP contribution in [0.3, 0.4) is 0 Å². The summed E-state index contributed by atoms with van der Waals surface area (Å²) in [6.45, 7) is 4.01. The first-order valence-corrected chi connectivity index (χ1v) is 9.02. The van der Waals surface area contributed by atoms with Crippen LogP contribution in [-0.2, 0) is 21.4 Å². The van der Waals surface area contributed by atoms with Gasteiger partial charge in [0.2, 0.25) is 10.0 Å². The van der Waals surface area contributed by atoms with E-state index in [9.17, 15) is 13.5 Å². The summed E-state index contributed by atoms with van der Waals surface area (Å²) in [6.07, 6.45) is 0.575. The first kappa shape index (κ1) is 16.9. The van der Waals surface area contributed by atoms with Gasteiger partial charge in [-0.1, -0.05) is 15.9 Å². The lowest BCUT2D eigenvalue weighted by Gasteiger charge is -2.27. The first-order chi connectivity index (χ1) is 9.78. The Labute approximate surface area is 134 Å². The third-order valence-electron chi connectivity index (χ3n) is 4.00. The molecule has 0 saturated carbocycles. The van der Waals surface area contributed by atoms with Gasteiger partial charge >= 0.3 is 0 Å². The molecular formula is C14H20BrNO4S. The van der Waals surface area contributed by atoms with Gasteiger partial charge in [0, 0.05) is 18.1 Å². The van der Waals surface area contributed by atoms with Crippen LogP contribution in [0.15, 0.2) is 21.5 Å². The van der Waals surface area contributed by atoms with Gasteiger partial charge in [0.05, 0.1) is 23.6 Å². The van der Waals surface area contributed by atoms with E-state index < -0.39 is 10.0 Å². The number of rotatable bonds is 4. The summed E-state index contributed by atoms with van der Waals surface area (Å²) in [5, 5.41) is 9.29. The molecule has 0 spiro atoms. The number of nitrogens with zero attached hydrogens (tertiary/aromatic N) is 1. The Balaban J connectivity index is 2.46. The van der Waals surface area contributed by atoms with Crippen LogP contribution in [0.25, 0.3) is 0 Å². The van der Waals surface area contributed by atoms with Crippen molar-refractivity contribution in [1.29, 1.82) is 0 Å². The number of hydrogen-bond acceptors (Lipinski definition) is 4. The van der Waals surface area contributed by atoms with Crippen molar-refractivity contribution in [2.24, 2.45) is 0 Å². The molecule has 7 heteroatoms. The second kappa shape index (κ2) is 6.34. The molecule has 0 aliphatic carbocycles. The number of halogens is 1. The summed E-state index contributed by atoms with van der Waals surface area (Å²) in [5.41, 5.74) is 1.21. The lowest BCUT2D eigenvalue weighted by atomic mass is 10.2. The number of hydrogen-bond donors (Lipinski definition) is 1. The van der Waals surface area contributed by atoms with Gasteiger partial charge in [0.25, 0.3) is 0 Å². The van der Waals surface area contributed by atoms with E-state index in [0.29, 0.717) is 28.6 Å². The Morgan fingerprint density at radius 2 is 2.14 bits per heavy atom. The number of likely N-dealkylation sites (N-methyl/N-ethyl adjacent to an activating group) is 1. The largest absolute Gasteiger partial charge is 0.392 e. The molecule has 1 saturated heterocycles. The summed E-state index contributed by atoms with van der Waals surface area (Å²) >= 11 is 3.36. The van der Waals surface area contributed by atoms with Gasteiger partial charge in [-0.2, -0.15) is 4.31 Å². The van der Waals surface area contributed by atoms with Crippen LogP contribution in [0.4, 0.5) is 0 Å². The normalized spacial score (nSPS) is 23.0. The standard InChI is InChI=1S/C14H20BrNO4S/c1-9-12(15)6-11(8-17)7-14(9)21(18,19)16(3)13-4-5-20-10(13)2/h6-7,10,13,17H,4-5,8H2,1-3H3. The molecule has 2 rings (SSSR count). The minimum absolute atomic E-state index is 0.116. The third-order valence-corrected chi connectivity index (χ3v) is 6.83. The van der Waals surface area contributed by atoms with Gasteiger partial charge in [0.1, 0.15) is 0 Å². The van der Waals surface area contributed by atoms with E-state index in [4.69, 9.17) is 4.74 Å². The predicted octanol–water partition coefficient (Wildman–Crippen LogP) is 2.05. The topological polar surface area (TPSA) is 66.8 Å². The Morgan fingerprint density at radius 3 is 2.67 bits per heavy atom. The van der Waals surface area contributed by atoms with E-state index in [2.05, 4.69) is 15.9 Å². The van der Waals surface area contributed by atoms with Crippen molar-refractivity contribution in [3.63, 3.8) is 0 Å². The highest BCUT2D eigenvalue weighted by molar-refractivity contribution is 9.10. The summed E-state index contributed by atoms with van der Waals surface area (Å²) in [4.78, 5) is 0.225. The second-order valence-corrected chi connectivity index (χ2v) is 8.13. The van der Waals surface area contributed by atoms with Crippen LogP contribution < -0.4 is 0 Å². The molecule has 1 aromatic rings. The molecule has 1 N–H and O–H groups in total. The average Bonchev–Trinajstić information content (AvgIpc) is 2.86. The molecule has 1 aliphatic heterocycles. The fourth-order valence-corrected chi connectivity index (χ4v) is 4.98. The summed E-state index contributed by atoms with van der Waals surface area (Å²) in [7, 11) is -2.04. The molecule has 1 aliphatic rings. The lowest BCUT2D eigenvalue weighted by Crippen LogP contribution is -2.41. The maximum absolute atomic E-state index is 12.9. The van der Waals surface area contributed by atoms with Gasteiger partial charge in [-0.25, -0.2) is 8.42 Å². The van der Waals surface area contributed by atoms with E-state index in [1.165, 1.54) is 10.4 Å². The van der Waals surface area contributed by atoms with Gasteiger partial charge in [-0.05, 0) is 43.5 Å². The SMILES string of the molecule is Cc1c(Br)cc(CO)cc1S(=O)(=O)N(C)C1CCOC1C. The van der Waals surface area contributed by atoms with Crippen molar-refractivity contribution in [3.05, 3.63) is 27.7 Å². The van der Waals surface area contributed by atoms with Crippen LogP contribution >= 0.6 is 15.9 Å². The number of sulfonamides is 1. The Hall–Kier alpha value is -0.470. The van der Waals surface area contributed by atoms with Gasteiger partial charge in [-0.3, -0.25) is 0 Å². The third kappa shape index (κ3) is 3.17. The van der Waals surface area contributed by atoms with Gasteiger partial charge < -0.3 is 9.84 Å². The van der Waals surface area contributed by atoms with Crippen molar-refractivity contribution in [1.82, 2.24) is 4.31 Å². The first-order valence-electron chi connectivity index (χ1n) is 6.78. The van der Waals surface area contributed by atoms with Crippen molar-refractivity contribution < 1.29 is 18.3 Å². The number of ether oxygens (including phenoxy) is 1. The summed E-state index contributed by atoms with van der Waals surface area (Å²) in [6, 6.07) is 3.10. The molecule has 1 heterocycles. The number of aliphatic hydroxyl groups excluding tert-OH is 1. The van der Waals surface area contributed by atoms with Gasteiger partial charge in [0.15, 0.2) is 0 Å². The summed E-state index contributed by atoms with van der Waals surface area (Å²) in [5.74, 6) is 0. The van der Waals surface area contributed by atoms with E-state index in [0.717, 1.165) is 0 Å². The van der Waals surface area contributed by atoms with E-state index in [1.54, 1.807) is 20.0 Å². The Kier molecular flexibility index (Phi) is 5.10. The molecule has 1 aromatic carbocycles. The fraction of sp³-hybridized carbons (Fsp3) is 0.571. The zero-order valence-corrected chi connectivity index (χ0v) is 14.7. The van der Waals surface area contributed by atoms with Crippen molar-refractivity contribution >= 4 is 26.0 Å². The molecule has 2 atom stereocenters. The molecule has 0 radical (unpaired) electrons. The van der Waals surface area contributed by atoms with Crippen molar-refractivity contribution in [2.75, 3.05) is 13.7 Å². The highest BCUT2D eigenvalue weighted by Crippen LogP contribution is 2.30. The number of aliphatic hydroxyl groups is 1. The van der Waals surface area contributed by atoms with Crippen LogP contribution in [0.2, 0.25) is 0 Å². The molecule has 0 bridgehead atoms. The van der Waals surface area contributed by atoms with Crippen molar-refractivity contribution in [3.8, 4) is 0 Å². The smallest absolute Gasteiger partial charge is 0.243 e. The molecular weight excluding hydrogens is 358 g/mol.